The molecule has 0 radical (unpaired) electrons. The molecule has 4 amide bonds. The normalized spacial score (nSPS) is 11.2. The number of fused-ring (bicyclic) bond motifs is 1. The highest BCUT2D eigenvalue weighted by molar-refractivity contribution is 6.09. The zero-order chi connectivity index (χ0) is 38.7. The molecule has 0 spiro atoms. The highest BCUT2D eigenvalue weighted by atomic mass is 16.2. The first-order valence-electron chi connectivity index (χ1n) is 18.1. The summed E-state index contributed by atoms with van der Waals surface area (Å²) in [6.45, 7) is 10.3. The molecule has 0 saturated heterocycles. The monoisotopic (exact) mass is 727 g/mol. The van der Waals surface area contributed by atoms with E-state index < -0.39 is 5.91 Å². The van der Waals surface area contributed by atoms with E-state index in [0.29, 0.717) is 103 Å². The second-order valence-corrected chi connectivity index (χ2v) is 14.1. The van der Waals surface area contributed by atoms with E-state index in [1.807, 2.05) is 9.13 Å². The summed E-state index contributed by atoms with van der Waals surface area (Å²) in [5, 5.41) is 26.9. The molecule has 11 N–H and O–H groups in total. The van der Waals surface area contributed by atoms with Gasteiger partial charge in [0.1, 0.15) is 17.1 Å². The third-order valence-electron chi connectivity index (χ3n) is 8.61. The summed E-state index contributed by atoms with van der Waals surface area (Å²) in [5.74, 6) is -0.361. The van der Waals surface area contributed by atoms with Crippen LogP contribution in [0.25, 0.3) is 10.9 Å². The van der Waals surface area contributed by atoms with Crippen molar-refractivity contribution in [2.75, 3.05) is 23.7 Å². The molecule has 1 aromatic carbocycles. The maximum atomic E-state index is 13.4. The van der Waals surface area contributed by atoms with Gasteiger partial charge < -0.3 is 46.9 Å². The van der Waals surface area contributed by atoms with Gasteiger partial charge in [-0.2, -0.15) is 0 Å². The molecule has 4 rings (SSSR count). The minimum absolute atomic E-state index is 0.0698. The van der Waals surface area contributed by atoms with Gasteiger partial charge in [-0.05, 0) is 73.9 Å². The molecule has 0 aliphatic rings. The maximum Gasteiger partial charge on any atom is 0.272 e. The van der Waals surface area contributed by atoms with Gasteiger partial charge in [0, 0.05) is 67.9 Å². The van der Waals surface area contributed by atoms with Crippen molar-refractivity contribution in [1.82, 2.24) is 24.8 Å². The number of nitrogens with zero attached hydrogens (tertiary/aromatic N) is 2. The number of hydrogen-bond donors (Lipinski definition) is 9. The molecule has 53 heavy (non-hydrogen) atoms. The van der Waals surface area contributed by atoms with Gasteiger partial charge in [-0.25, -0.2) is 0 Å². The number of carbonyl (C=O) groups excluding carboxylic acids is 4. The second-order valence-electron chi connectivity index (χ2n) is 14.1. The van der Waals surface area contributed by atoms with Gasteiger partial charge in [-0.3, -0.25) is 30.0 Å². The first kappa shape index (κ1) is 39.9. The predicted octanol–water partition coefficient (Wildman–Crippen LogP) is 5.26. The first-order chi connectivity index (χ1) is 25.2. The van der Waals surface area contributed by atoms with Crippen LogP contribution in [0.3, 0.4) is 0 Å². The van der Waals surface area contributed by atoms with E-state index in [9.17, 15) is 19.2 Å². The van der Waals surface area contributed by atoms with E-state index in [1.54, 1.807) is 48.8 Å². The molecule has 4 aromatic rings. The number of amides is 4. The molecular formula is C38H53N11O4. The number of amidine groups is 2. The van der Waals surface area contributed by atoms with Crippen LogP contribution in [0.4, 0.5) is 11.4 Å². The fourth-order valence-corrected chi connectivity index (χ4v) is 5.64. The number of carbonyl (C=O) groups is 4. The fourth-order valence-electron chi connectivity index (χ4n) is 5.64. The van der Waals surface area contributed by atoms with Crippen LogP contribution >= 0.6 is 0 Å². The lowest BCUT2D eigenvalue weighted by Gasteiger charge is -2.11. The van der Waals surface area contributed by atoms with Crippen LogP contribution < -0.4 is 32.7 Å². The van der Waals surface area contributed by atoms with Crippen LogP contribution in [0.15, 0.2) is 48.8 Å². The Morgan fingerprint density at radius 3 is 1.66 bits per heavy atom. The van der Waals surface area contributed by atoms with Crippen LogP contribution in [0.5, 0.6) is 0 Å². The standard InChI is InChI=1S/C38H53N11O4/c1-23(2)11-15-48-21-27(19-31(48)37(52)43-13-5-7-33(39)40)45-35(50)25-9-10-29-26(17-25)18-30(47-29)36(51)46-28-20-32(49(22-28)16-12-24(3)4)38(53)44-14-6-8-34(41)42/h9-10,17-24,47H,5-8,11-16H2,1-4H3,(H3,39,40)(H3,41,42)(H,43,52)(H,44,53)(H,45,50)(H,46,51). The third kappa shape index (κ3) is 11.8. The number of aromatic amines is 1. The summed E-state index contributed by atoms with van der Waals surface area (Å²) in [5.41, 5.74) is 13.9. The lowest BCUT2D eigenvalue weighted by molar-refractivity contribution is 0.0935. The molecule has 15 nitrogen and oxygen atoms in total. The Kier molecular flexibility index (Phi) is 14.0. The van der Waals surface area contributed by atoms with E-state index in [-0.39, 0.29) is 35.1 Å². The molecule has 0 fully saturated rings. The minimum atomic E-state index is -0.406. The van der Waals surface area contributed by atoms with Crippen molar-refractivity contribution in [3.63, 3.8) is 0 Å². The van der Waals surface area contributed by atoms with Crippen molar-refractivity contribution in [2.24, 2.45) is 23.3 Å². The lowest BCUT2D eigenvalue weighted by atomic mass is 10.1. The Hall–Kier alpha value is -5.86. The maximum absolute atomic E-state index is 13.4. The zero-order valence-corrected chi connectivity index (χ0v) is 31.0. The van der Waals surface area contributed by atoms with E-state index in [4.69, 9.17) is 22.3 Å². The molecule has 15 heteroatoms. The fraction of sp³-hybridized carbons (Fsp3) is 0.421. The van der Waals surface area contributed by atoms with E-state index in [1.165, 1.54) is 0 Å². The number of anilines is 2. The van der Waals surface area contributed by atoms with Crippen LogP contribution in [0.1, 0.15) is 108 Å². The molecule has 0 atom stereocenters. The van der Waals surface area contributed by atoms with Gasteiger partial charge >= 0.3 is 0 Å². The molecular weight excluding hydrogens is 674 g/mol. The quantitative estimate of drug-likeness (QED) is 0.0334. The van der Waals surface area contributed by atoms with Gasteiger partial charge in [0.25, 0.3) is 23.6 Å². The van der Waals surface area contributed by atoms with Crippen molar-refractivity contribution in [3.8, 4) is 0 Å². The third-order valence-corrected chi connectivity index (χ3v) is 8.61. The van der Waals surface area contributed by atoms with E-state index in [0.717, 1.165) is 12.8 Å². The molecule has 0 bridgehead atoms. The van der Waals surface area contributed by atoms with Crippen LogP contribution in [0.2, 0.25) is 0 Å². The number of rotatable bonds is 20. The number of aromatic nitrogens is 3. The second kappa shape index (κ2) is 18.6. The smallest absolute Gasteiger partial charge is 0.272 e. The number of nitrogens with two attached hydrogens (primary N) is 2. The molecule has 0 unspecified atom stereocenters. The SMILES string of the molecule is CC(C)CCn1cc(NC(=O)c2ccc3[nH]c(C(=O)Nc4cc(C(=O)NCCCC(=N)N)n(CCC(C)C)c4)cc3c2)cc1C(=O)NCCCC(=N)N. The molecule has 3 heterocycles. The topological polar surface area (TPSA) is 242 Å². The molecule has 0 saturated carbocycles. The highest BCUT2D eigenvalue weighted by Gasteiger charge is 2.19. The van der Waals surface area contributed by atoms with Crippen molar-refractivity contribution >= 4 is 57.6 Å². The summed E-state index contributed by atoms with van der Waals surface area (Å²) in [6.07, 6.45) is 7.08. The first-order valence-corrected chi connectivity index (χ1v) is 18.1. The summed E-state index contributed by atoms with van der Waals surface area (Å²) in [4.78, 5) is 55.9. The summed E-state index contributed by atoms with van der Waals surface area (Å²) in [6, 6.07) is 10.0. The number of nitrogens with one attached hydrogen (secondary N) is 7. The predicted molar refractivity (Wildman–Crippen MR) is 209 cm³/mol. The summed E-state index contributed by atoms with van der Waals surface area (Å²) < 4.78 is 3.66. The van der Waals surface area contributed by atoms with E-state index in [2.05, 4.69) is 53.9 Å². The van der Waals surface area contributed by atoms with Crippen molar-refractivity contribution < 1.29 is 19.2 Å². The minimum Gasteiger partial charge on any atom is -0.388 e. The Bertz CT molecular complexity index is 1850. The number of H-pyrrole nitrogens is 1. The summed E-state index contributed by atoms with van der Waals surface area (Å²) >= 11 is 0. The Morgan fingerprint density at radius 1 is 0.698 bits per heavy atom. The molecule has 0 aliphatic carbocycles. The van der Waals surface area contributed by atoms with Gasteiger partial charge in [-0.15, -0.1) is 0 Å². The zero-order valence-electron chi connectivity index (χ0n) is 31.0. The Morgan fingerprint density at radius 2 is 1.19 bits per heavy atom. The van der Waals surface area contributed by atoms with Crippen molar-refractivity contribution in [1.29, 1.82) is 10.8 Å². The number of aryl methyl sites for hydroxylation is 2. The van der Waals surface area contributed by atoms with Crippen LogP contribution in [0, 0.1) is 22.7 Å². The molecule has 3 aromatic heterocycles. The lowest BCUT2D eigenvalue weighted by Crippen LogP contribution is -2.27. The van der Waals surface area contributed by atoms with Gasteiger partial charge in [-0.1, -0.05) is 27.7 Å². The van der Waals surface area contributed by atoms with E-state index >= 15 is 0 Å². The summed E-state index contributed by atoms with van der Waals surface area (Å²) in [7, 11) is 0. The van der Waals surface area contributed by atoms with Crippen molar-refractivity contribution in [3.05, 3.63) is 71.4 Å². The highest BCUT2D eigenvalue weighted by Crippen LogP contribution is 2.23. The largest absolute Gasteiger partial charge is 0.388 e. The number of hydrogen-bond acceptors (Lipinski definition) is 6. The van der Waals surface area contributed by atoms with Gasteiger partial charge in [0.15, 0.2) is 0 Å². The Balaban J connectivity index is 1.45. The van der Waals surface area contributed by atoms with Crippen LogP contribution in [-0.4, -0.2) is 62.5 Å². The molecule has 0 aliphatic heterocycles. The average molecular weight is 728 g/mol. The molecule has 284 valence electrons. The van der Waals surface area contributed by atoms with Gasteiger partial charge in [0.2, 0.25) is 0 Å². The van der Waals surface area contributed by atoms with Crippen LogP contribution in [-0.2, 0) is 13.1 Å². The Labute approximate surface area is 309 Å². The average Bonchev–Trinajstić information content (AvgIpc) is 3.82. The number of benzene rings is 1. The van der Waals surface area contributed by atoms with Gasteiger partial charge in [0.05, 0.1) is 23.0 Å². The van der Waals surface area contributed by atoms with Crippen molar-refractivity contribution in [2.45, 2.75) is 79.3 Å².